The summed E-state index contributed by atoms with van der Waals surface area (Å²) >= 11 is 3.36. The van der Waals surface area contributed by atoms with E-state index in [-0.39, 0.29) is 0 Å². The van der Waals surface area contributed by atoms with Crippen LogP contribution in [0.25, 0.3) is 6.08 Å². The smallest absolute Gasteiger partial charge is 0.119 e. The van der Waals surface area contributed by atoms with Gasteiger partial charge in [-0.25, -0.2) is 0 Å². The van der Waals surface area contributed by atoms with Crippen LogP contribution in [0.4, 0.5) is 0 Å². The van der Waals surface area contributed by atoms with Gasteiger partial charge in [-0.2, -0.15) is 0 Å². The fourth-order valence-electron chi connectivity index (χ4n) is 1.60. The summed E-state index contributed by atoms with van der Waals surface area (Å²) in [5.74, 6) is 0.898. The van der Waals surface area contributed by atoms with E-state index in [4.69, 9.17) is 4.74 Å². The van der Waals surface area contributed by atoms with Crippen LogP contribution in [0.5, 0.6) is 5.75 Å². The molecule has 0 spiro atoms. The fraction of sp³-hybridized carbons (Fsp3) is 0.125. The van der Waals surface area contributed by atoms with Crippen LogP contribution in [0.2, 0.25) is 0 Å². The largest absolute Gasteiger partial charge is 0.489 e. The van der Waals surface area contributed by atoms with Crippen molar-refractivity contribution < 1.29 is 4.74 Å². The Labute approximate surface area is 116 Å². The number of ether oxygens (including phenoxy) is 1. The average Bonchev–Trinajstić information content (AvgIpc) is 2.45. The Morgan fingerprint density at radius 3 is 2.33 bits per heavy atom. The topological polar surface area (TPSA) is 9.23 Å². The Morgan fingerprint density at radius 2 is 1.67 bits per heavy atom. The van der Waals surface area contributed by atoms with Crippen LogP contribution in [0.15, 0.2) is 60.7 Å². The second-order valence-electron chi connectivity index (χ2n) is 3.90. The maximum Gasteiger partial charge on any atom is 0.119 e. The standard InChI is InChI=1S/C16H15BrO/c17-12-4-7-14-8-10-16(11-9-14)18-13-15-5-2-1-3-6-15/h1-11H,12-13H2. The molecule has 0 bridgehead atoms. The Kier molecular flexibility index (Phi) is 5.03. The van der Waals surface area contributed by atoms with Crippen molar-refractivity contribution in [1.82, 2.24) is 0 Å². The summed E-state index contributed by atoms with van der Waals surface area (Å²) in [5, 5.41) is 0.874. The van der Waals surface area contributed by atoms with Crippen LogP contribution >= 0.6 is 15.9 Å². The number of hydrogen-bond donors (Lipinski definition) is 0. The van der Waals surface area contributed by atoms with Crippen molar-refractivity contribution >= 4 is 22.0 Å². The Hall–Kier alpha value is -1.54. The van der Waals surface area contributed by atoms with E-state index >= 15 is 0 Å². The molecule has 0 aromatic heterocycles. The molecule has 2 aromatic carbocycles. The van der Waals surface area contributed by atoms with E-state index < -0.39 is 0 Å². The maximum absolute atomic E-state index is 5.72. The number of rotatable bonds is 5. The molecular formula is C16H15BrO. The second kappa shape index (κ2) is 7.02. The predicted molar refractivity (Wildman–Crippen MR) is 80.0 cm³/mol. The van der Waals surface area contributed by atoms with Gasteiger partial charge >= 0.3 is 0 Å². The van der Waals surface area contributed by atoms with Crippen molar-refractivity contribution in [1.29, 1.82) is 0 Å². The number of alkyl halides is 1. The van der Waals surface area contributed by atoms with Crippen LogP contribution in [-0.2, 0) is 6.61 Å². The molecule has 0 N–H and O–H groups in total. The molecule has 92 valence electrons. The Balaban J connectivity index is 1.92. The first-order valence-electron chi connectivity index (χ1n) is 5.88. The van der Waals surface area contributed by atoms with Crippen LogP contribution in [0.3, 0.4) is 0 Å². The molecule has 2 rings (SSSR count). The molecule has 1 nitrogen and oxygen atoms in total. The first kappa shape index (κ1) is 12.9. The molecule has 0 unspecified atom stereocenters. The molecule has 0 aliphatic rings. The highest BCUT2D eigenvalue weighted by Crippen LogP contribution is 2.15. The highest BCUT2D eigenvalue weighted by atomic mass is 79.9. The van der Waals surface area contributed by atoms with Gasteiger partial charge in [-0.1, -0.05) is 70.5 Å². The predicted octanol–water partition coefficient (Wildman–Crippen LogP) is 4.67. The molecule has 0 saturated heterocycles. The summed E-state index contributed by atoms with van der Waals surface area (Å²) in [4.78, 5) is 0. The quantitative estimate of drug-likeness (QED) is 0.729. The Morgan fingerprint density at radius 1 is 0.944 bits per heavy atom. The first-order valence-corrected chi connectivity index (χ1v) is 7.00. The van der Waals surface area contributed by atoms with E-state index in [1.54, 1.807) is 0 Å². The van der Waals surface area contributed by atoms with Crippen LogP contribution in [0, 0.1) is 0 Å². The summed E-state index contributed by atoms with van der Waals surface area (Å²) in [5.41, 5.74) is 2.36. The molecule has 2 aromatic rings. The molecule has 0 radical (unpaired) electrons. The van der Waals surface area contributed by atoms with Crippen molar-refractivity contribution in [3.8, 4) is 5.75 Å². The lowest BCUT2D eigenvalue weighted by Crippen LogP contribution is -1.94. The molecule has 0 aliphatic carbocycles. The third-order valence-corrected chi connectivity index (χ3v) is 2.90. The molecule has 0 fully saturated rings. The minimum absolute atomic E-state index is 0.609. The minimum Gasteiger partial charge on any atom is -0.489 e. The highest BCUT2D eigenvalue weighted by Gasteiger charge is 1.95. The van der Waals surface area contributed by atoms with Gasteiger partial charge in [0.25, 0.3) is 0 Å². The summed E-state index contributed by atoms with van der Waals surface area (Å²) in [7, 11) is 0. The third kappa shape index (κ3) is 4.04. The molecular weight excluding hydrogens is 288 g/mol. The zero-order valence-electron chi connectivity index (χ0n) is 10.1. The van der Waals surface area contributed by atoms with E-state index in [2.05, 4.69) is 52.3 Å². The first-order chi connectivity index (χ1) is 8.88. The van der Waals surface area contributed by atoms with E-state index in [1.807, 2.05) is 30.3 Å². The second-order valence-corrected chi connectivity index (χ2v) is 4.55. The average molecular weight is 303 g/mol. The minimum atomic E-state index is 0.609. The number of allylic oxidation sites excluding steroid dienone is 1. The summed E-state index contributed by atoms with van der Waals surface area (Å²) in [6.45, 7) is 0.609. The normalized spacial score (nSPS) is 10.7. The third-order valence-electron chi connectivity index (χ3n) is 2.53. The Bertz CT molecular complexity index is 488. The lowest BCUT2D eigenvalue weighted by Gasteiger charge is -2.06. The van der Waals surface area contributed by atoms with Crippen molar-refractivity contribution in [2.24, 2.45) is 0 Å². The maximum atomic E-state index is 5.72. The summed E-state index contributed by atoms with van der Waals surface area (Å²) in [6, 6.07) is 18.3. The molecule has 0 aliphatic heterocycles. The van der Waals surface area contributed by atoms with Crippen molar-refractivity contribution in [3.63, 3.8) is 0 Å². The van der Waals surface area contributed by atoms with Gasteiger partial charge in [0, 0.05) is 5.33 Å². The van der Waals surface area contributed by atoms with Gasteiger partial charge in [0.05, 0.1) is 0 Å². The summed E-state index contributed by atoms with van der Waals surface area (Å²) in [6.07, 6.45) is 4.15. The van der Waals surface area contributed by atoms with Crippen molar-refractivity contribution in [2.45, 2.75) is 6.61 Å². The molecule has 0 amide bonds. The lowest BCUT2D eigenvalue weighted by atomic mass is 10.2. The van der Waals surface area contributed by atoms with Gasteiger partial charge < -0.3 is 4.74 Å². The van der Waals surface area contributed by atoms with Gasteiger partial charge in [0.1, 0.15) is 12.4 Å². The fourth-order valence-corrected chi connectivity index (χ4v) is 1.78. The van der Waals surface area contributed by atoms with Gasteiger partial charge in [0.2, 0.25) is 0 Å². The number of halogens is 1. The van der Waals surface area contributed by atoms with Crippen LogP contribution in [0.1, 0.15) is 11.1 Å². The number of benzene rings is 2. The van der Waals surface area contributed by atoms with E-state index in [0.717, 1.165) is 11.1 Å². The molecule has 0 saturated carbocycles. The number of hydrogen-bond acceptors (Lipinski definition) is 1. The monoisotopic (exact) mass is 302 g/mol. The van der Waals surface area contributed by atoms with E-state index in [0.29, 0.717) is 6.61 Å². The molecule has 2 heteroatoms. The van der Waals surface area contributed by atoms with Crippen molar-refractivity contribution in [2.75, 3.05) is 5.33 Å². The van der Waals surface area contributed by atoms with E-state index in [9.17, 15) is 0 Å². The van der Waals surface area contributed by atoms with Crippen molar-refractivity contribution in [3.05, 3.63) is 71.8 Å². The SMILES string of the molecule is BrCC=Cc1ccc(OCc2ccccc2)cc1. The molecule has 0 heterocycles. The van der Waals surface area contributed by atoms with Gasteiger partial charge in [0.15, 0.2) is 0 Å². The van der Waals surface area contributed by atoms with Crippen LogP contribution < -0.4 is 4.74 Å². The molecule has 0 atom stereocenters. The van der Waals surface area contributed by atoms with Crippen LogP contribution in [-0.4, -0.2) is 5.33 Å². The van der Waals surface area contributed by atoms with Gasteiger partial charge in [-0.15, -0.1) is 0 Å². The molecule has 18 heavy (non-hydrogen) atoms. The lowest BCUT2D eigenvalue weighted by molar-refractivity contribution is 0.306. The summed E-state index contributed by atoms with van der Waals surface area (Å²) < 4.78 is 5.72. The zero-order valence-corrected chi connectivity index (χ0v) is 11.6. The van der Waals surface area contributed by atoms with E-state index in [1.165, 1.54) is 11.1 Å². The highest BCUT2D eigenvalue weighted by molar-refractivity contribution is 9.09. The zero-order chi connectivity index (χ0) is 12.6. The van der Waals surface area contributed by atoms with Gasteiger partial charge in [-0.05, 0) is 23.3 Å². The van der Waals surface area contributed by atoms with Gasteiger partial charge in [-0.3, -0.25) is 0 Å².